The van der Waals surface area contributed by atoms with Crippen LogP contribution in [0.25, 0.3) is 0 Å². The molecular formula is C20H24BrNO2. The molecule has 0 fully saturated rings. The third-order valence-electron chi connectivity index (χ3n) is 4.15. The van der Waals surface area contributed by atoms with E-state index in [2.05, 4.69) is 47.2 Å². The summed E-state index contributed by atoms with van der Waals surface area (Å²) in [6, 6.07) is 10.1. The zero-order valence-electron chi connectivity index (χ0n) is 14.7. The summed E-state index contributed by atoms with van der Waals surface area (Å²) in [5, 5.41) is 2.95. The molecular weight excluding hydrogens is 366 g/mol. The lowest BCUT2D eigenvalue weighted by Gasteiger charge is -2.16. The highest BCUT2D eigenvalue weighted by Gasteiger charge is 2.11. The Balaban J connectivity index is 2.23. The monoisotopic (exact) mass is 389 g/mol. The van der Waals surface area contributed by atoms with Crippen LogP contribution in [0.2, 0.25) is 0 Å². The molecule has 128 valence electrons. The molecule has 4 heteroatoms. The number of rotatable bonds is 6. The Morgan fingerprint density at radius 1 is 1.17 bits per heavy atom. The molecule has 0 spiro atoms. The Kier molecular flexibility index (Phi) is 6.44. The first-order chi connectivity index (χ1) is 11.5. The minimum Gasteiger partial charge on any atom is -0.488 e. The van der Waals surface area contributed by atoms with Crippen molar-refractivity contribution >= 4 is 27.5 Å². The summed E-state index contributed by atoms with van der Waals surface area (Å²) < 4.78 is 7.00. The summed E-state index contributed by atoms with van der Waals surface area (Å²) in [6.45, 7) is 8.52. The average Bonchev–Trinajstić information content (AvgIpc) is 2.56. The van der Waals surface area contributed by atoms with E-state index < -0.39 is 0 Å². The molecule has 2 aromatic rings. The van der Waals surface area contributed by atoms with Crippen molar-refractivity contribution in [2.75, 3.05) is 5.32 Å². The molecule has 0 unspecified atom stereocenters. The number of nitrogens with one attached hydrogen (secondary N) is 1. The lowest BCUT2D eigenvalue weighted by Crippen LogP contribution is -2.13. The molecule has 1 amide bonds. The van der Waals surface area contributed by atoms with Gasteiger partial charge in [0.15, 0.2) is 0 Å². The zero-order valence-corrected chi connectivity index (χ0v) is 16.3. The molecule has 3 nitrogen and oxygen atoms in total. The van der Waals surface area contributed by atoms with E-state index in [-0.39, 0.29) is 5.91 Å². The van der Waals surface area contributed by atoms with Gasteiger partial charge in [0.05, 0.1) is 4.47 Å². The van der Waals surface area contributed by atoms with Crippen molar-refractivity contribution in [2.45, 2.75) is 47.1 Å². The Hall–Kier alpha value is -1.81. The molecule has 0 saturated carbocycles. The van der Waals surface area contributed by atoms with Gasteiger partial charge in [-0.1, -0.05) is 26.0 Å². The molecule has 0 heterocycles. The maximum Gasteiger partial charge on any atom is 0.224 e. The van der Waals surface area contributed by atoms with Crippen molar-refractivity contribution in [3.05, 3.63) is 57.1 Å². The van der Waals surface area contributed by atoms with Gasteiger partial charge in [0, 0.05) is 17.7 Å². The number of hydrogen-bond acceptors (Lipinski definition) is 2. The summed E-state index contributed by atoms with van der Waals surface area (Å²) in [7, 11) is 0. The topological polar surface area (TPSA) is 38.3 Å². The van der Waals surface area contributed by atoms with E-state index in [0.717, 1.165) is 33.5 Å². The minimum absolute atomic E-state index is 0.00572. The maximum atomic E-state index is 11.7. The second kappa shape index (κ2) is 8.34. The Labute approximate surface area is 152 Å². The fraction of sp³-hybridized carbons (Fsp3) is 0.350. The van der Waals surface area contributed by atoms with Gasteiger partial charge in [-0.2, -0.15) is 0 Å². The number of carbonyl (C=O) groups is 1. The van der Waals surface area contributed by atoms with Crippen LogP contribution >= 0.6 is 15.9 Å². The first kappa shape index (κ1) is 18.5. The highest BCUT2D eigenvalue weighted by atomic mass is 79.9. The predicted octanol–water partition coefficient (Wildman–Crippen LogP) is 5.56. The van der Waals surface area contributed by atoms with Gasteiger partial charge in [-0.05, 0) is 71.1 Å². The highest BCUT2D eigenvalue weighted by molar-refractivity contribution is 9.10. The number of ether oxygens (including phenoxy) is 1. The molecule has 2 rings (SSSR count). The van der Waals surface area contributed by atoms with Crippen molar-refractivity contribution in [1.82, 2.24) is 0 Å². The number of hydrogen-bond donors (Lipinski definition) is 1. The molecule has 2 aromatic carbocycles. The number of aryl methyl sites for hydroxylation is 3. The highest BCUT2D eigenvalue weighted by Crippen LogP contribution is 2.31. The van der Waals surface area contributed by atoms with E-state index >= 15 is 0 Å². The quantitative estimate of drug-likeness (QED) is 0.702. The molecule has 0 saturated heterocycles. The third-order valence-corrected chi connectivity index (χ3v) is 4.77. The predicted molar refractivity (Wildman–Crippen MR) is 103 cm³/mol. The van der Waals surface area contributed by atoms with Gasteiger partial charge in [-0.3, -0.25) is 4.79 Å². The SMILES string of the molecule is CCC(=O)Nc1cccc(C)c1COc1cc(C)c(CC)cc1Br. The van der Waals surface area contributed by atoms with Gasteiger partial charge in [0.2, 0.25) is 5.91 Å². The molecule has 1 N–H and O–H groups in total. The molecule has 0 atom stereocenters. The van der Waals surface area contributed by atoms with Crippen LogP contribution in [0.1, 0.15) is 42.5 Å². The number of halogens is 1. The zero-order chi connectivity index (χ0) is 17.7. The lowest BCUT2D eigenvalue weighted by molar-refractivity contribution is -0.115. The Bertz CT molecular complexity index is 741. The van der Waals surface area contributed by atoms with Crippen molar-refractivity contribution < 1.29 is 9.53 Å². The second-order valence-corrected chi connectivity index (χ2v) is 6.71. The normalized spacial score (nSPS) is 10.5. The summed E-state index contributed by atoms with van der Waals surface area (Å²) >= 11 is 3.59. The average molecular weight is 390 g/mol. The molecule has 0 aliphatic carbocycles. The first-order valence-electron chi connectivity index (χ1n) is 8.26. The minimum atomic E-state index is 0.00572. The number of carbonyl (C=O) groups excluding carboxylic acids is 1. The van der Waals surface area contributed by atoms with E-state index in [4.69, 9.17) is 4.74 Å². The number of benzene rings is 2. The summed E-state index contributed by atoms with van der Waals surface area (Å²) in [4.78, 5) is 11.7. The van der Waals surface area contributed by atoms with Crippen LogP contribution in [0.15, 0.2) is 34.8 Å². The van der Waals surface area contributed by atoms with E-state index in [1.54, 1.807) is 0 Å². The second-order valence-electron chi connectivity index (χ2n) is 5.85. The van der Waals surface area contributed by atoms with Crippen LogP contribution in [-0.2, 0) is 17.8 Å². The van der Waals surface area contributed by atoms with Gasteiger partial charge in [-0.15, -0.1) is 0 Å². The maximum absolute atomic E-state index is 11.7. The molecule has 0 aliphatic rings. The Morgan fingerprint density at radius 2 is 1.92 bits per heavy atom. The molecule has 0 bridgehead atoms. The fourth-order valence-electron chi connectivity index (χ4n) is 2.59. The van der Waals surface area contributed by atoms with Gasteiger partial charge in [0.1, 0.15) is 12.4 Å². The van der Waals surface area contributed by atoms with Crippen molar-refractivity contribution in [1.29, 1.82) is 0 Å². The van der Waals surface area contributed by atoms with Crippen LogP contribution in [0.4, 0.5) is 5.69 Å². The van der Waals surface area contributed by atoms with Gasteiger partial charge < -0.3 is 10.1 Å². The molecule has 0 aromatic heterocycles. The smallest absolute Gasteiger partial charge is 0.224 e. The van der Waals surface area contributed by atoms with Crippen LogP contribution < -0.4 is 10.1 Å². The number of amides is 1. The van der Waals surface area contributed by atoms with Crippen LogP contribution in [-0.4, -0.2) is 5.91 Å². The number of anilines is 1. The van der Waals surface area contributed by atoms with Crippen molar-refractivity contribution in [3.8, 4) is 5.75 Å². The van der Waals surface area contributed by atoms with Crippen LogP contribution in [0, 0.1) is 13.8 Å². The van der Waals surface area contributed by atoms with Crippen molar-refractivity contribution in [3.63, 3.8) is 0 Å². The first-order valence-corrected chi connectivity index (χ1v) is 9.05. The molecule has 24 heavy (non-hydrogen) atoms. The fourth-order valence-corrected chi connectivity index (χ4v) is 3.09. The standard InChI is InChI=1S/C20H24BrNO2/c1-5-15-11-17(21)19(10-14(15)4)24-12-16-13(3)8-7-9-18(16)22-20(23)6-2/h7-11H,5-6,12H2,1-4H3,(H,22,23). The van der Waals surface area contributed by atoms with Crippen LogP contribution in [0.5, 0.6) is 5.75 Å². The summed E-state index contributed by atoms with van der Waals surface area (Å²) in [5.74, 6) is 0.826. The largest absolute Gasteiger partial charge is 0.488 e. The third kappa shape index (κ3) is 4.38. The summed E-state index contributed by atoms with van der Waals surface area (Å²) in [5.41, 5.74) is 5.45. The van der Waals surface area contributed by atoms with Gasteiger partial charge in [-0.25, -0.2) is 0 Å². The van der Waals surface area contributed by atoms with E-state index in [1.165, 1.54) is 11.1 Å². The van der Waals surface area contributed by atoms with Gasteiger partial charge in [0.25, 0.3) is 0 Å². The molecule has 0 radical (unpaired) electrons. The molecule has 0 aliphatic heterocycles. The summed E-state index contributed by atoms with van der Waals surface area (Å²) in [6.07, 6.45) is 1.45. The van der Waals surface area contributed by atoms with E-state index in [9.17, 15) is 4.79 Å². The Morgan fingerprint density at radius 3 is 2.58 bits per heavy atom. The van der Waals surface area contributed by atoms with Crippen LogP contribution in [0.3, 0.4) is 0 Å². The lowest BCUT2D eigenvalue weighted by atomic mass is 10.1. The van der Waals surface area contributed by atoms with E-state index in [1.807, 2.05) is 32.0 Å². The van der Waals surface area contributed by atoms with Gasteiger partial charge >= 0.3 is 0 Å². The van der Waals surface area contributed by atoms with Crippen molar-refractivity contribution in [2.24, 2.45) is 0 Å². The van der Waals surface area contributed by atoms with E-state index in [0.29, 0.717) is 13.0 Å².